The zero-order valence-electron chi connectivity index (χ0n) is 33.5. The molecule has 4 heterocycles. The Bertz CT molecular complexity index is 2220. The van der Waals surface area contributed by atoms with Crippen molar-refractivity contribution in [3.63, 3.8) is 0 Å². The predicted molar refractivity (Wildman–Crippen MR) is 210 cm³/mol. The topological polar surface area (TPSA) is 196 Å². The van der Waals surface area contributed by atoms with E-state index in [-0.39, 0.29) is 59.0 Å². The molecule has 2 saturated heterocycles. The number of aryl methyl sites for hydroxylation is 2. The third-order valence-electron chi connectivity index (χ3n) is 12.6. The lowest BCUT2D eigenvalue weighted by atomic mass is 9.49. The molecule has 1 atom stereocenters. The van der Waals surface area contributed by atoms with Crippen LogP contribution in [0.3, 0.4) is 0 Å². The monoisotopic (exact) mass is 788 g/mol. The summed E-state index contributed by atoms with van der Waals surface area (Å²) in [5.74, 6) is -0.153. The van der Waals surface area contributed by atoms with Crippen LogP contribution in [0.1, 0.15) is 101 Å². The number of hydrogen-bond donors (Lipinski definition) is 3. The molecule has 0 radical (unpaired) electrons. The van der Waals surface area contributed by atoms with Crippen molar-refractivity contribution in [1.82, 2.24) is 30.8 Å². The number of nitriles is 1. The van der Waals surface area contributed by atoms with E-state index in [1.807, 2.05) is 26.0 Å². The van der Waals surface area contributed by atoms with Crippen LogP contribution in [0.5, 0.6) is 11.5 Å². The highest BCUT2D eigenvalue weighted by Crippen LogP contribution is 2.55. The molecule has 3 aromatic rings. The van der Waals surface area contributed by atoms with Gasteiger partial charge in [0.05, 0.1) is 28.3 Å². The van der Waals surface area contributed by atoms with Gasteiger partial charge in [-0.3, -0.25) is 34.2 Å². The van der Waals surface area contributed by atoms with E-state index in [2.05, 4.69) is 64.6 Å². The molecule has 5 aliphatic rings. The van der Waals surface area contributed by atoms with Crippen molar-refractivity contribution in [3.05, 3.63) is 76.1 Å². The van der Waals surface area contributed by atoms with Crippen molar-refractivity contribution >= 4 is 35.5 Å². The van der Waals surface area contributed by atoms with Crippen LogP contribution >= 0.6 is 0 Å². The Morgan fingerprint density at radius 2 is 1.59 bits per heavy atom. The van der Waals surface area contributed by atoms with Crippen molar-refractivity contribution in [2.75, 3.05) is 24.5 Å². The normalized spacial score (nSPS) is 25.8. The van der Waals surface area contributed by atoms with Crippen LogP contribution in [0.15, 0.2) is 42.7 Å². The number of anilines is 1. The fraction of sp³-hybridized carbons (Fsp3) is 0.488. The van der Waals surface area contributed by atoms with E-state index < -0.39 is 29.7 Å². The molecule has 4 fully saturated rings. The number of carbonyl (C=O) groups is 5. The number of nitrogens with one attached hydrogen (secondary N) is 3. The highest BCUT2D eigenvalue weighted by atomic mass is 16.5. The molecule has 15 nitrogen and oxygen atoms in total. The molecule has 1 aromatic heterocycles. The van der Waals surface area contributed by atoms with Gasteiger partial charge in [0.1, 0.15) is 29.7 Å². The predicted octanol–water partition coefficient (Wildman–Crippen LogP) is 3.61. The molecular formula is C43H48N8O7. The van der Waals surface area contributed by atoms with Crippen LogP contribution in [-0.2, 0) is 9.59 Å². The van der Waals surface area contributed by atoms with Crippen LogP contribution in [0.2, 0.25) is 0 Å². The van der Waals surface area contributed by atoms with Crippen LogP contribution in [0.25, 0.3) is 0 Å². The van der Waals surface area contributed by atoms with Gasteiger partial charge in [-0.2, -0.15) is 5.26 Å². The van der Waals surface area contributed by atoms with Crippen molar-refractivity contribution in [2.24, 2.45) is 16.7 Å². The van der Waals surface area contributed by atoms with Gasteiger partial charge in [0.15, 0.2) is 0 Å². The Labute approximate surface area is 336 Å². The zero-order chi connectivity index (χ0) is 41.3. The molecule has 0 bridgehead atoms. The molecule has 15 heteroatoms. The van der Waals surface area contributed by atoms with Crippen molar-refractivity contribution < 1.29 is 33.4 Å². The lowest BCUT2D eigenvalue weighted by Gasteiger charge is -2.63. The van der Waals surface area contributed by atoms with E-state index in [4.69, 9.17) is 9.47 Å². The van der Waals surface area contributed by atoms with E-state index in [0.717, 1.165) is 54.3 Å². The molecule has 0 spiro atoms. The number of hydrogen-bond acceptors (Lipinski definition) is 12. The van der Waals surface area contributed by atoms with E-state index >= 15 is 0 Å². The summed E-state index contributed by atoms with van der Waals surface area (Å²) in [5.41, 5.74) is 2.52. The Kier molecular flexibility index (Phi) is 9.74. The minimum Gasteiger partial charge on any atom is -0.490 e. The maximum absolute atomic E-state index is 13.4. The van der Waals surface area contributed by atoms with Gasteiger partial charge in [-0.1, -0.05) is 27.7 Å². The molecule has 2 aromatic carbocycles. The van der Waals surface area contributed by atoms with Crippen molar-refractivity contribution in [3.8, 4) is 17.6 Å². The minimum atomic E-state index is -1.01. The van der Waals surface area contributed by atoms with Crippen LogP contribution in [-0.4, -0.2) is 94.4 Å². The van der Waals surface area contributed by atoms with Crippen LogP contribution in [0, 0.1) is 41.9 Å². The first-order valence-electron chi connectivity index (χ1n) is 19.9. The lowest BCUT2D eigenvalue weighted by molar-refractivity contribution is -0.164. The minimum absolute atomic E-state index is 0.0326. The average Bonchev–Trinajstić information content (AvgIpc) is 3.38. The quantitative estimate of drug-likeness (QED) is 0.239. The van der Waals surface area contributed by atoms with Gasteiger partial charge in [-0.15, -0.1) is 0 Å². The molecule has 2 saturated carbocycles. The number of rotatable bonds is 11. The fourth-order valence-corrected chi connectivity index (χ4v) is 9.66. The Hall–Kier alpha value is -5.88. The van der Waals surface area contributed by atoms with E-state index in [9.17, 15) is 29.2 Å². The van der Waals surface area contributed by atoms with Gasteiger partial charge in [0.2, 0.25) is 17.8 Å². The standard InChI is InChI=1S/C43H48N8O7/c1-22-11-28(12-23(2)32(22)16-44)58-40-42(3,4)39(43(40,5)6)49-35(53)25-18-46-41(47-19-25)50-20-24(21-50)17-45-26-13-29(14-26)57-27-7-8-30-31(15-27)38(56)51(37(30)55)33-9-10-34(52)48-36(33)54/h7-8,11-12,15,18-19,24,26,29,33,39-40,45H,9-10,13-14,17,20-21H2,1-6H3,(H,49,53)(H,48,52,54). The number of benzene rings is 2. The summed E-state index contributed by atoms with van der Waals surface area (Å²) in [4.78, 5) is 75.5. The van der Waals surface area contributed by atoms with Crippen molar-refractivity contribution in [2.45, 2.75) is 97.6 Å². The van der Waals surface area contributed by atoms with E-state index in [1.54, 1.807) is 30.6 Å². The van der Waals surface area contributed by atoms with Gasteiger partial charge < -0.3 is 25.0 Å². The molecule has 3 aliphatic heterocycles. The summed E-state index contributed by atoms with van der Waals surface area (Å²) < 4.78 is 12.6. The molecule has 2 aliphatic carbocycles. The summed E-state index contributed by atoms with van der Waals surface area (Å²) >= 11 is 0. The Morgan fingerprint density at radius 1 is 0.931 bits per heavy atom. The summed E-state index contributed by atoms with van der Waals surface area (Å²) in [6.45, 7) is 14.6. The number of fused-ring (bicyclic) bond motifs is 1. The van der Waals surface area contributed by atoms with Gasteiger partial charge in [-0.25, -0.2) is 9.97 Å². The van der Waals surface area contributed by atoms with E-state index in [0.29, 0.717) is 34.8 Å². The first-order chi connectivity index (χ1) is 27.5. The Morgan fingerprint density at radius 3 is 2.22 bits per heavy atom. The van der Waals surface area contributed by atoms with Gasteiger partial charge in [0, 0.05) is 67.3 Å². The lowest BCUT2D eigenvalue weighted by Crippen LogP contribution is -2.74. The average molecular weight is 789 g/mol. The van der Waals surface area contributed by atoms with Gasteiger partial charge in [0.25, 0.3) is 17.7 Å². The number of ether oxygens (including phenoxy) is 2. The summed E-state index contributed by atoms with van der Waals surface area (Å²) in [6.07, 6.45) is 4.74. The van der Waals surface area contributed by atoms with Crippen molar-refractivity contribution in [1.29, 1.82) is 5.26 Å². The number of nitrogens with zero attached hydrogens (tertiary/aromatic N) is 5. The van der Waals surface area contributed by atoms with Crippen LogP contribution < -0.4 is 30.3 Å². The van der Waals surface area contributed by atoms with Crippen LogP contribution in [0.4, 0.5) is 5.95 Å². The molecule has 1 unspecified atom stereocenters. The first-order valence-corrected chi connectivity index (χ1v) is 19.9. The highest BCUT2D eigenvalue weighted by Gasteiger charge is 2.64. The van der Waals surface area contributed by atoms with E-state index in [1.165, 1.54) is 0 Å². The molecule has 5 amide bonds. The molecule has 302 valence electrons. The third-order valence-corrected chi connectivity index (χ3v) is 12.6. The largest absolute Gasteiger partial charge is 0.490 e. The SMILES string of the molecule is Cc1cc(OC2C(C)(C)C(NC(=O)c3cnc(N4CC(CNC5CC(Oc6ccc7c(c6)C(=O)N(C6CCC(=O)NC6=O)C7=O)C5)C4)nc3)C2(C)C)cc(C)c1C#N. The number of carbonyl (C=O) groups excluding carboxylic acids is 5. The second-order valence-electron chi connectivity index (χ2n) is 17.6. The fourth-order valence-electron chi connectivity index (χ4n) is 9.66. The molecule has 58 heavy (non-hydrogen) atoms. The Balaban J connectivity index is 0.761. The molecular weight excluding hydrogens is 741 g/mol. The second-order valence-corrected chi connectivity index (χ2v) is 17.6. The number of aromatic nitrogens is 2. The maximum Gasteiger partial charge on any atom is 0.262 e. The maximum atomic E-state index is 13.4. The van der Waals surface area contributed by atoms with Gasteiger partial charge >= 0.3 is 0 Å². The first kappa shape index (κ1) is 39.0. The smallest absolute Gasteiger partial charge is 0.262 e. The highest BCUT2D eigenvalue weighted by molar-refractivity contribution is 6.23. The second kappa shape index (κ2) is 14.5. The number of amides is 5. The number of imide groups is 2. The summed E-state index contributed by atoms with van der Waals surface area (Å²) in [7, 11) is 0. The number of piperidine rings is 1. The summed E-state index contributed by atoms with van der Waals surface area (Å²) in [6, 6.07) is 9.99. The zero-order valence-corrected chi connectivity index (χ0v) is 33.5. The molecule has 8 rings (SSSR count). The summed E-state index contributed by atoms with van der Waals surface area (Å²) in [5, 5.41) is 18.5. The third kappa shape index (κ3) is 6.82. The van der Waals surface area contributed by atoms with Gasteiger partial charge in [-0.05, 0) is 74.6 Å². The molecule has 3 N–H and O–H groups in total.